The molecule has 0 saturated heterocycles. The molecule has 3 aromatic rings. The number of anilines is 2. The molecule has 1 aromatic heterocycles. The van der Waals surface area contributed by atoms with E-state index in [1.807, 2.05) is 62.4 Å². The Balaban J connectivity index is 2.18. The molecule has 0 radical (unpaired) electrons. The molecule has 0 fully saturated rings. The number of nitrogens with zero attached hydrogens (tertiary/aromatic N) is 3. The normalized spacial score (nSPS) is 11.6. The number of hydrogen-bond acceptors (Lipinski definition) is 5. The van der Waals surface area contributed by atoms with Crippen LogP contribution in [0.1, 0.15) is 25.2 Å². The maximum absolute atomic E-state index is 9.14. The van der Waals surface area contributed by atoms with Gasteiger partial charge in [-0.3, -0.25) is 0 Å². The van der Waals surface area contributed by atoms with Gasteiger partial charge in [-0.15, -0.1) is 0 Å². The van der Waals surface area contributed by atoms with Crippen LogP contribution in [0.2, 0.25) is 0 Å². The minimum absolute atomic E-state index is 0.583. The molecule has 0 aliphatic heterocycles. The van der Waals surface area contributed by atoms with Crippen LogP contribution in [0.3, 0.4) is 0 Å². The zero-order valence-corrected chi connectivity index (χ0v) is 15.5. The Morgan fingerprint density at radius 2 is 2.00 bits per heavy atom. The third-order valence-corrected chi connectivity index (χ3v) is 4.07. The van der Waals surface area contributed by atoms with E-state index < -0.39 is 0 Å². The molecule has 2 aromatic carbocycles. The number of fused-ring (bicyclic) bond motifs is 1. The van der Waals surface area contributed by atoms with Crippen molar-refractivity contribution < 1.29 is 4.74 Å². The van der Waals surface area contributed by atoms with Crippen LogP contribution in [0, 0.1) is 11.3 Å². The quantitative estimate of drug-likeness (QED) is 0.634. The van der Waals surface area contributed by atoms with E-state index in [0.29, 0.717) is 17.2 Å². The molecule has 0 spiro atoms. The summed E-state index contributed by atoms with van der Waals surface area (Å²) in [6.45, 7) is 3.92. The van der Waals surface area contributed by atoms with E-state index in [4.69, 9.17) is 20.0 Å². The van der Waals surface area contributed by atoms with Gasteiger partial charge in [-0.2, -0.15) is 5.26 Å². The van der Waals surface area contributed by atoms with Gasteiger partial charge in [-0.25, -0.2) is 9.97 Å². The molecule has 0 aliphatic rings. The maximum Gasteiger partial charge on any atom is 0.161 e. The van der Waals surface area contributed by atoms with Gasteiger partial charge in [-0.05, 0) is 50.2 Å². The average molecular weight is 356 g/mol. The van der Waals surface area contributed by atoms with E-state index in [1.165, 1.54) is 0 Å². The van der Waals surface area contributed by atoms with Crippen LogP contribution in [0.5, 0.6) is 5.75 Å². The van der Waals surface area contributed by atoms with Gasteiger partial charge in [0.25, 0.3) is 0 Å². The lowest BCUT2D eigenvalue weighted by atomic mass is 10.1. The van der Waals surface area contributed by atoms with Crippen molar-refractivity contribution in [3.8, 4) is 11.8 Å². The second-order valence-corrected chi connectivity index (χ2v) is 5.84. The second-order valence-electron chi connectivity index (χ2n) is 5.84. The smallest absolute Gasteiger partial charge is 0.161 e. The van der Waals surface area contributed by atoms with E-state index in [1.54, 1.807) is 19.2 Å². The van der Waals surface area contributed by atoms with Crippen LogP contribution in [0.4, 0.5) is 11.5 Å². The number of nitriles is 1. The molecule has 0 amide bonds. The summed E-state index contributed by atoms with van der Waals surface area (Å²) >= 11 is 0. The predicted octanol–water partition coefficient (Wildman–Crippen LogP) is 5.23. The summed E-state index contributed by atoms with van der Waals surface area (Å²) < 4.78 is 5.35. The summed E-state index contributed by atoms with van der Waals surface area (Å²) in [4.78, 5) is 9.43. The number of aromatic nitrogens is 2. The molecular weight excluding hydrogens is 336 g/mol. The fraction of sp³-hybridized carbons (Fsp3) is 0.136. The molecule has 5 nitrogen and oxygen atoms in total. The van der Waals surface area contributed by atoms with Crippen LogP contribution in [-0.2, 0) is 0 Å². The predicted molar refractivity (Wildman–Crippen MR) is 109 cm³/mol. The first-order chi connectivity index (χ1) is 13.2. The topological polar surface area (TPSA) is 70.8 Å². The van der Waals surface area contributed by atoms with E-state index in [9.17, 15) is 0 Å². The number of methoxy groups -OCH3 is 1. The van der Waals surface area contributed by atoms with Gasteiger partial charge < -0.3 is 10.1 Å². The highest BCUT2D eigenvalue weighted by atomic mass is 16.5. The SMILES string of the molecule is C/C=C\C(=C/C)c1nc(Nc2cccc(C#N)c2)c2cc(OC)ccc2n1. The summed E-state index contributed by atoms with van der Waals surface area (Å²) in [7, 11) is 1.63. The molecule has 134 valence electrons. The zero-order chi connectivity index (χ0) is 19.2. The van der Waals surface area contributed by atoms with Crippen LogP contribution in [-0.4, -0.2) is 17.1 Å². The van der Waals surface area contributed by atoms with Gasteiger partial charge in [0, 0.05) is 16.6 Å². The van der Waals surface area contributed by atoms with Crippen molar-refractivity contribution in [3.05, 3.63) is 72.1 Å². The summed E-state index contributed by atoms with van der Waals surface area (Å²) in [6, 6.07) is 15.1. The number of nitrogens with one attached hydrogen (secondary N) is 1. The van der Waals surface area contributed by atoms with Gasteiger partial charge in [0.2, 0.25) is 0 Å². The minimum atomic E-state index is 0.583. The Kier molecular flexibility index (Phi) is 5.48. The van der Waals surface area contributed by atoms with Gasteiger partial charge in [-0.1, -0.05) is 24.3 Å². The van der Waals surface area contributed by atoms with Crippen LogP contribution < -0.4 is 10.1 Å². The number of ether oxygens (including phenoxy) is 1. The minimum Gasteiger partial charge on any atom is -0.497 e. The fourth-order valence-corrected chi connectivity index (χ4v) is 2.74. The zero-order valence-electron chi connectivity index (χ0n) is 15.5. The summed E-state index contributed by atoms with van der Waals surface area (Å²) in [6.07, 6.45) is 5.91. The van der Waals surface area contributed by atoms with Gasteiger partial charge in [0.1, 0.15) is 11.6 Å². The average Bonchev–Trinajstić information content (AvgIpc) is 2.71. The highest BCUT2D eigenvalue weighted by molar-refractivity contribution is 5.93. The number of benzene rings is 2. The van der Waals surface area contributed by atoms with Gasteiger partial charge in [0.05, 0.1) is 24.3 Å². The van der Waals surface area contributed by atoms with Crippen LogP contribution in [0.15, 0.2) is 60.7 Å². The molecular formula is C22H20N4O. The summed E-state index contributed by atoms with van der Waals surface area (Å²) in [5.41, 5.74) is 3.11. The lowest BCUT2D eigenvalue weighted by molar-refractivity contribution is 0.415. The molecule has 1 N–H and O–H groups in total. The fourth-order valence-electron chi connectivity index (χ4n) is 2.74. The van der Waals surface area contributed by atoms with Gasteiger partial charge in [0.15, 0.2) is 5.82 Å². The van der Waals surface area contributed by atoms with Crippen molar-refractivity contribution in [2.24, 2.45) is 0 Å². The first-order valence-electron chi connectivity index (χ1n) is 8.61. The third kappa shape index (κ3) is 3.96. The molecule has 0 aliphatic carbocycles. The van der Waals surface area contributed by atoms with Crippen molar-refractivity contribution in [2.45, 2.75) is 13.8 Å². The van der Waals surface area contributed by atoms with Crippen molar-refractivity contribution in [3.63, 3.8) is 0 Å². The van der Waals surface area contributed by atoms with Crippen molar-refractivity contribution in [1.82, 2.24) is 9.97 Å². The lowest BCUT2D eigenvalue weighted by Crippen LogP contribution is -2.01. The van der Waals surface area contributed by atoms with E-state index in [-0.39, 0.29) is 0 Å². The molecule has 0 atom stereocenters. The van der Waals surface area contributed by atoms with Crippen LogP contribution >= 0.6 is 0 Å². The Bertz CT molecular complexity index is 1080. The van der Waals surface area contributed by atoms with E-state index in [2.05, 4.69) is 11.4 Å². The Labute approximate surface area is 158 Å². The second kappa shape index (κ2) is 8.15. The first kappa shape index (κ1) is 18.2. The van der Waals surface area contributed by atoms with Crippen molar-refractivity contribution >= 4 is 28.0 Å². The first-order valence-corrected chi connectivity index (χ1v) is 8.61. The number of hydrogen-bond donors (Lipinski definition) is 1. The monoisotopic (exact) mass is 356 g/mol. The largest absolute Gasteiger partial charge is 0.497 e. The molecule has 5 heteroatoms. The molecule has 0 saturated carbocycles. The van der Waals surface area contributed by atoms with E-state index >= 15 is 0 Å². The molecule has 0 bridgehead atoms. The van der Waals surface area contributed by atoms with E-state index in [0.717, 1.165) is 27.9 Å². The highest BCUT2D eigenvalue weighted by Gasteiger charge is 2.11. The Hall–Kier alpha value is -3.65. The molecule has 27 heavy (non-hydrogen) atoms. The third-order valence-electron chi connectivity index (χ3n) is 4.07. The highest BCUT2D eigenvalue weighted by Crippen LogP contribution is 2.29. The summed E-state index contributed by atoms with van der Waals surface area (Å²) in [5, 5.41) is 13.3. The summed E-state index contributed by atoms with van der Waals surface area (Å²) in [5.74, 6) is 2.02. The standard InChI is InChI=1S/C22H20N4O/c1-4-7-16(5-2)21-25-20-11-10-18(27-3)13-19(20)22(26-21)24-17-9-6-8-15(12-17)14-23/h4-13H,1-3H3,(H,24,25,26)/b7-4-,16-5+. The van der Waals surface area contributed by atoms with Crippen LogP contribution in [0.25, 0.3) is 16.5 Å². The van der Waals surface area contributed by atoms with Crippen molar-refractivity contribution in [2.75, 3.05) is 12.4 Å². The van der Waals surface area contributed by atoms with Gasteiger partial charge >= 0.3 is 0 Å². The molecule has 0 unspecified atom stereocenters. The Morgan fingerprint density at radius 1 is 1.15 bits per heavy atom. The van der Waals surface area contributed by atoms with Crippen molar-refractivity contribution in [1.29, 1.82) is 5.26 Å². The molecule has 1 heterocycles. The Morgan fingerprint density at radius 3 is 2.70 bits per heavy atom. The number of rotatable bonds is 5. The maximum atomic E-state index is 9.14. The lowest BCUT2D eigenvalue weighted by Gasteiger charge is -2.12. The molecule has 3 rings (SSSR count). The number of allylic oxidation sites excluding steroid dienone is 4.